The van der Waals surface area contributed by atoms with E-state index in [2.05, 4.69) is 20.7 Å². The summed E-state index contributed by atoms with van der Waals surface area (Å²) >= 11 is 0. The average molecular weight is 112 g/mol. The van der Waals surface area contributed by atoms with Gasteiger partial charge in [-0.3, -0.25) is 4.58 Å². The van der Waals surface area contributed by atoms with Gasteiger partial charge >= 0.3 is 5.96 Å². The van der Waals surface area contributed by atoms with Crippen LogP contribution in [0.1, 0.15) is 0 Å². The van der Waals surface area contributed by atoms with Crippen LogP contribution in [0.25, 0.3) is 0 Å². The monoisotopic (exact) mass is 112 g/mol. The van der Waals surface area contributed by atoms with Crippen molar-refractivity contribution in [1.82, 2.24) is 0 Å². The Balaban J connectivity index is 2.90. The Bertz CT molecular complexity index is 158. The third-order valence-electron chi connectivity index (χ3n) is 0.708. The van der Waals surface area contributed by atoms with E-state index in [0.717, 1.165) is 0 Å². The van der Waals surface area contributed by atoms with Crippen molar-refractivity contribution in [1.29, 1.82) is 0 Å². The van der Waals surface area contributed by atoms with Gasteiger partial charge in [-0.05, 0) is 0 Å². The fourth-order valence-electron chi connectivity index (χ4n) is 0.319. The zero-order valence-electron chi connectivity index (χ0n) is 4.74. The molecule has 0 aromatic heterocycles. The van der Waals surface area contributed by atoms with Gasteiger partial charge in [0.25, 0.3) is 0 Å². The highest BCUT2D eigenvalue weighted by molar-refractivity contribution is 5.75. The Hall–Kier alpha value is -1.13. The Kier molecular flexibility index (Phi) is 1.11. The number of hydrogen-bond acceptors (Lipinski definition) is 2. The first-order chi connectivity index (χ1) is 3.80. The number of rotatable bonds is 0. The molecule has 1 heterocycles. The smallest absolute Gasteiger partial charge is 0.261 e. The topological polar surface area (TPSA) is 52.4 Å². The van der Waals surface area contributed by atoms with E-state index in [0.29, 0.717) is 5.96 Å². The molecule has 42 valence electrons. The van der Waals surface area contributed by atoms with Crippen molar-refractivity contribution in [3.63, 3.8) is 0 Å². The molecule has 0 spiro atoms. The van der Waals surface area contributed by atoms with Gasteiger partial charge in [-0.15, -0.1) is 0 Å². The van der Waals surface area contributed by atoms with Gasteiger partial charge in [-0.1, -0.05) is 0 Å². The van der Waals surface area contributed by atoms with Crippen LogP contribution in [0.4, 0.5) is 0 Å². The van der Waals surface area contributed by atoms with Crippen LogP contribution in [0, 0.1) is 0 Å². The fourth-order valence-corrected chi connectivity index (χ4v) is 0.319. The van der Waals surface area contributed by atoms with E-state index >= 15 is 0 Å². The Morgan fingerprint density at radius 1 is 1.12 bits per heavy atom. The van der Waals surface area contributed by atoms with Crippen LogP contribution in [0.3, 0.4) is 0 Å². The van der Waals surface area contributed by atoms with Crippen molar-refractivity contribution >= 4 is 5.96 Å². The molecule has 0 bridgehead atoms. The lowest BCUT2D eigenvalue weighted by molar-refractivity contribution is -0.466. The fraction of sp³-hybridized carbons (Fsp3) is 0.667. The van der Waals surface area contributed by atoms with E-state index < -0.39 is 0 Å². The van der Waals surface area contributed by atoms with Crippen LogP contribution in [0.5, 0.6) is 0 Å². The molecule has 5 heteroatoms. The minimum atomic E-state index is 0.546. The molecule has 1 aliphatic heterocycles. The van der Waals surface area contributed by atoms with Crippen molar-refractivity contribution in [2.75, 3.05) is 14.1 Å². The molecule has 0 aromatic rings. The summed E-state index contributed by atoms with van der Waals surface area (Å²) in [7, 11) is 3.66. The second kappa shape index (κ2) is 1.77. The summed E-state index contributed by atoms with van der Waals surface area (Å²) in [5.41, 5.74) is 0. The molecule has 0 saturated carbocycles. The zero-order valence-corrected chi connectivity index (χ0v) is 4.74. The molecule has 0 fully saturated rings. The molecule has 0 amide bonds. The minimum Gasteiger partial charge on any atom is -0.261 e. The largest absolute Gasteiger partial charge is 0.476 e. The Labute approximate surface area is 46.4 Å². The van der Waals surface area contributed by atoms with Crippen molar-refractivity contribution < 1.29 is 4.58 Å². The molecule has 1 rings (SSSR count). The van der Waals surface area contributed by atoms with Gasteiger partial charge in [0.2, 0.25) is 0 Å². The maximum atomic E-state index is 3.57. The maximum Gasteiger partial charge on any atom is 0.476 e. The summed E-state index contributed by atoms with van der Waals surface area (Å²) < 4.78 is 1.74. The predicted octanol–water partition coefficient (Wildman–Crippen LogP) is 0.447. The molecule has 8 heavy (non-hydrogen) atoms. The average Bonchev–Trinajstić information content (AvgIpc) is 2.12. The van der Waals surface area contributed by atoms with E-state index in [1.165, 1.54) is 0 Å². The lowest BCUT2D eigenvalue weighted by atomic mass is 10.9. The highest BCUT2D eigenvalue weighted by Crippen LogP contribution is 1.94. The van der Waals surface area contributed by atoms with Crippen LogP contribution in [0.2, 0.25) is 0 Å². The summed E-state index contributed by atoms with van der Waals surface area (Å²) in [6, 6.07) is 0. The van der Waals surface area contributed by atoms with E-state index in [-0.39, 0.29) is 0 Å². The third-order valence-corrected chi connectivity index (χ3v) is 0.708. The van der Waals surface area contributed by atoms with Gasteiger partial charge in [-0.25, -0.2) is 0 Å². The Morgan fingerprint density at radius 2 is 1.62 bits per heavy atom. The second-order valence-electron chi connectivity index (χ2n) is 1.57. The molecule has 5 nitrogen and oxygen atoms in total. The third kappa shape index (κ3) is 0.749. The quantitative estimate of drug-likeness (QED) is 0.408. The second-order valence-corrected chi connectivity index (χ2v) is 1.57. The predicted molar refractivity (Wildman–Crippen MR) is 26.8 cm³/mol. The van der Waals surface area contributed by atoms with E-state index in [1.807, 2.05) is 14.1 Å². The molecule has 0 radical (unpaired) electrons. The first-order valence-electron chi connectivity index (χ1n) is 2.17. The standard InChI is InChI=1S/C3H6N5/c1-8(2)3-4-6-7-5-3/h1-2H3/q+1. The van der Waals surface area contributed by atoms with E-state index in [4.69, 9.17) is 0 Å². The van der Waals surface area contributed by atoms with E-state index in [9.17, 15) is 0 Å². The number of nitrogens with zero attached hydrogens (tertiary/aromatic N) is 5. The molecule has 0 aliphatic carbocycles. The van der Waals surface area contributed by atoms with Gasteiger partial charge in [-0.2, -0.15) is 0 Å². The lowest BCUT2D eigenvalue weighted by Gasteiger charge is -1.80. The highest BCUT2D eigenvalue weighted by Gasteiger charge is 2.12. The van der Waals surface area contributed by atoms with E-state index in [1.54, 1.807) is 4.58 Å². The first-order valence-corrected chi connectivity index (χ1v) is 2.17. The van der Waals surface area contributed by atoms with Gasteiger partial charge in [0.05, 0.1) is 34.8 Å². The van der Waals surface area contributed by atoms with Crippen molar-refractivity contribution in [2.24, 2.45) is 20.7 Å². The highest BCUT2D eigenvalue weighted by atomic mass is 15.6. The normalized spacial score (nSPS) is 15.5. The molecule has 1 aliphatic rings. The number of hydrogen-bond donors (Lipinski definition) is 0. The molecule has 0 unspecified atom stereocenters. The van der Waals surface area contributed by atoms with Gasteiger partial charge in [0, 0.05) is 0 Å². The van der Waals surface area contributed by atoms with Crippen LogP contribution in [0.15, 0.2) is 20.7 Å². The van der Waals surface area contributed by atoms with Crippen molar-refractivity contribution in [3.05, 3.63) is 0 Å². The Morgan fingerprint density at radius 3 is 1.88 bits per heavy atom. The van der Waals surface area contributed by atoms with Crippen LogP contribution in [-0.4, -0.2) is 24.6 Å². The van der Waals surface area contributed by atoms with Crippen molar-refractivity contribution in [3.8, 4) is 0 Å². The van der Waals surface area contributed by atoms with Crippen LogP contribution in [-0.2, 0) is 0 Å². The minimum absolute atomic E-state index is 0.546. The lowest BCUT2D eigenvalue weighted by Crippen LogP contribution is -2.05. The molecular formula is C3H6N5+. The van der Waals surface area contributed by atoms with Crippen LogP contribution < -0.4 is 0 Å². The first kappa shape index (κ1) is 5.02. The van der Waals surface area contributed by atoms with Crippen molar-refractivity contribution in [2.45, 2.75) is 0 Å². The summed E-state index contributed by atoms with van der Waals surface area (Å²) in [6.45, 7) is 0. The summed E-state index contributed by atoms with van der Waals surface area (Å²) in [5, 5.41) is 13.7. The molecule has 0 aromatic carbocycles. The van der Waals surface area contributed by atoms with Gasteiger partial charge in [0.1, 0.15) is 0 Å². The summed E-state index contributed by atoms with van der Waals surface area (Å²) in [6.07, 6.45) is 0. The van der Waals surface area contributed by atoms with Gasteiger partial charge < -0.3 is 0 Å². The molecular weight excluding hydrogens is 106 g/mol. The molecule has 0 atom stereocenters. The number of guanidine groups is 1. The maximum absolute atomic E-state index is 3.57. The van der Waals surface area contributed by atoms with Crippen LogP contribution >= 0.6 is 0 Å². The molecule has 0 N–H and O–H groups in total. The van der Waals surface area contributed by atoms with Gasteiger partial charge in [0.15, 0.2) is 0 Å². The summed E-state index contributed by atoms with van der Waals surface area (Å²) in [4.78, 5) is 0. The molecule has 0 saturated heterocycles. The summed E-state index contributed by atoms with van der Waals surface area (Å²) in [5.74, 6) is 0.546. The zero-order chi connectivity index (χ0) is 5.98. The SMILES string of the molecule is C[N+](C)=C1N=NN=N1.